The number of halogens is 2. The van der Waals surface area contributed by atoms with Gasteiger partial charge in [0.05, 0.1) is 11.1 Å². The second-order valence-electron chi connectivity index (χ2n) is 6.24. The Balaban J connectivity index is 1.87. The fourth-order valence-corrected chi connectivity index (χ4v) is 3.07. The van der Waals surface area contributed by atoms with Gasteiger partial charge in [0.15, 0.2) is 0 Å². The summed E-state index contributed by atoms with van der Waals surface area (Å²) < 4.78 is 13.0. The summed E-state index contributed by atoms with van der Waals surface area (Å²) in [4.78, 5) is 3.89. The van der Waals surface area contributed by atoms with Crippen molar-refractivity contribution in [2.75, 3.05) is 0 Å². The lowest BCUT2D eigenvalue weighted by Crippen LogP contribution is -2.37. The number of aliphatic hydroxyl groups is 1. The third-order valence-electron chi connectivity index (χ3n) is 3.68. The summed E-state index contributed by atoms with van der Waals surface area (Å²) in [6, 6.07) is 12.0. The summed E-state index contributed by atoms with van der Waals surface area (Å²) in [6.07, 6.45) is 2.65. The quantitative estimate of drug-likeness (QED) is 0.577. The van der Waals surface area contributed by atoms with Gasteiger partial charge in [-0.05, 0) is 56.3 Å². The van der Waals surface area contributed by atoms with Gasteiger partial charge in [0.1, 0.15) is 30.7 Å². The molecule has 142 valence electrons. The third-order valence-corrected chi connectivity index (χ3v) is 4.25. The molecule has 0 amide bonds. The van der Waals surface area contributed by atoms with Gasteiger partial charge in [-0.15, -0.1) is 0 Å². The minimum atomic E-state index is -1.67. The second-order valence-corrected chi connectivity index (χ2v) is 7.09. The molecule has 0 aliphatic carbocycles. The summed E-state index contributed by atoms with van der Waals surface area (Å²) in [7, 11) is 0. The van der Waals surface area contributed by atoms with E-state index in [9.17, 15) is 5.11 Å². The predicted molar refractivity (Wildman–Crippen MR) is 103 cm³/mol. The molecule has 2 aromatic carbocycles. The Morgan fingerprint density at radius 1 is 1.11 bits per heavy atom. The number of ether oxygens (including phenoxy) is 2. The number of aromatic nitrogens is 3. The molecule has 1 atom stereocenters. The van der Waals surface area contributed by atoms with Gasteiger partial charge in [-0.25, -0.2) is 9.67 Å². The number of hydrogen-bond acceptors (Lipinski definition) is 5. The summed E-state index contributed by atoms with van der Waals surface area (Å²) in [5.74, 6) is -0.518. The van der Waals surface area contributed by atoms with Gasteiger partial charge in [-0.1, -0.05) is 23.2 Å². The molecular formula is C19H19Cl2N3O3. The maximum Gasteiger partial charge on any atom is 0.214 e. The number of nitrogens with zero attached hydrogens (tertiary/aromatic N) is 3. The first kappa shape index (κ1) is 19.6. The zero-order chi connectivity index (χ0) is 19.4. The van der Waals surface area contributed by atoms with Crippen molar-refractivity contribution < 1.29 is 14.6 Å². The molecular weight excluding hydrogens is 389 g/mol. The van der Waals surface area contributed by atoms with E-state index in [1.807, 2.05) is 13.8 Å². The lowest BCUT2D eigenvalue weighted by atomic mass is 10.0. The first-order valence-electron chi connectivity index (χ1n) is 8.32. The summed E-state index contributed by atoms with van der Waals surface area (Å²) in [5.41, 5.74) is 0.414. The first-order valence-corrected chi connectivity index (χ1v) is 9.07. The van der Waals surface area contributed by atoms with Crippen LogP contribution in [0.3, 0.4) is 0 Å². The van der Waals surface area contributed by atoms with Crippen LogP contribution in [0.15, 0.2) is 55.1 Å². The lowest BCUT2D eigenvalue weighted by molar-refractivity contribution is -0.241. The maximum absolute atomic E-state index is 11.2. The Labute approximate surface area is 167 Å². The summed E-state index contributed by atoms with van der Waals surface area (Å²) >= 11 is 12.3. The molecule has 27 heavy (non-hydrogen) atoms. The Bertz CT molecular complexity index is 886. The molecule has 1 heterocycles. The molecule has 0 saturated carbocycles. The Morgan fingerprint density at radius 2 is 1.81 bits per heavy atom. The fraction of sp³-hybridized carbons (Fsp3) is 0.263. The number of hydrogen-bond donors (Lipinski definition) is 1. The Kier molecular flexibility index (Phi) is 6.01. The highest BCUT2D eigenvalue weighted by atomic mass is 35.5. The normalized spacial score (nSPS) is 13.6. The smallest absolute Gasteiger partial charge is 0.214 e. The van der Waals surface area contributed by atoms with Crippen molar-refractivity contribution >= 4 is 23.2 Å². The minimum absolute atomic E-state index is 0.0439. The molecule has 0 saturated heterocycles. The molecule has 3 aromatic rings. The molecule has 0 spiro atoms. The Hall–Kier alpha value is -2.12. The van der Waals surface area contributed by atoms with Crippen molar-refractivity contribution in [3.8, 4) is 11.5 Å². The van der Waals surface area contributed by atoms with Crippen LogP contribution in [-0.4, -0.2) is 26.0 Å². The van der Waals surface area contributed by atoms with E-state index in [1.54, 1.807) is 42.5 Å². The van der Waals surface area contributed by atoms with E-state index in [0.29, 0.717) is 27.1 Å². The van der Waals surface area contributed by atoms with Crippen LogP contribution in [0.25, 0.3) is 0 Å². The summed E-state index contributed by atoms with van der Waals surface area (Å²) in [6.45, 7) is 3.71. The minimum Gasteiger partial charge on any atom is -0.457 e. The largest absolute Gasteiger partial charge is 0.457 e. The van der Waals surface area contributed by atoms with Gasteiger partial charge in [-0.2, -0.15) is 5.10 Å². The molecule has 1 aromatic heterocycles. The van der Waals surface area contributed by atoms with Gasteiger partial charge in [0, 0.05) is 10.6 Å². The Morgan fingerprint density at radius 3 is 2.41 bits per heavy atom. The third kappa shape index (κ3) is 4.99. The van der Waals surface area contributed by atoms with E-state index in [1.165, 1.54) is 17.3 Å². The lowest BCUT2D eigenvalue weighted by Gasteiger charge is -2.31. The highest BCUT2D eigenvalue weighted by Gasteiger charge is 2.35. The molecule has 0 bridgehead atoms. The second kappa shape index (κ2) is 8.27. The van der Waals surface area contributed by atoms with E-state index in [-0.39, 0.29) is 12.6 Å². The van der Waals surface area contributed by atoms with Crippen molar-refractivity contribution in [2.24, 2.45) is 0 Å². The van der Waals surface area contributed by atoms with Crippen LogP contribution in [0.1, 0.15) is 19.4 Å². The topological polar surface area (TPSA) is 69.4 Å². The van der Waals surface area contributed by atoms with Crippen LogP contribution in [0, 0.1) is 0 Å². The van der Waals surface area contributed by atoms with Crippen LogP contribution in [0.4, 0.5) is 0 Å². The van der Waals surface area contributed by atoms with Crippen LogP contribution in [0.5, 0.6) is 11.5 Å². The van der Waals surface area contributed by atoms with Crippen molar-refractivity contribution in [1.82, 2.24) is 14.8 Å². The van der Waals surface area contributed by atoms with Crippen molar-refractivity contribution in [3.05, 3.63) is 70.7 Å². The van der Waals surface area contributed by atoms with Crippen molar-refractivity contribution in [2.45, 2.75) is 32.3 Å². The average Bonchev–Trinajstić information content (AvgIpc) is 3.08. The molecule has 0 aliphatic rings. The zero-order valence-electron chi connectivity index (χ0n) is 14.8. The zero-order valence-corrected chi connectivity index (χ0v) is 16.4. The van der Waals surface area contributed by atoms with Gasteiger partial charge in [0.2, 0.25) is 5.79 Å². The van der Waals surface area contributed by atoms with Gasteiger partial charge >= 0.3 is 0 Å². The average molecular weight is 408 g/mol. The molecule has 0 aliphatic heterocycles. The van der Waals surface area contributed by atoms with Crippen LogP contribution >= 0.6 is 23.2 Å². The maximum atomic E-state index is 11.2. The van der Waals surface area contributed by atoms with Crippen molar-refractivity contribution in [3.63, 3.8) is 0 Å². The molecule has 1 N–H and O–H groups in total. The van der Waals surface area contributed by atoms with Gasteiger partial charge in [-0.3, -0.25) is 0 Å². The molecule has 8 heteroatoms. The summed E-state index contributed by atoms with van der Waals surface area (Å²) in [5, 5.41) is 16.1. The predicted octanol–water partition coefficient (Wildman–Crippen LogP) is 4.65. The van der Waals surface area contributed by atoms with Crippen LogP contribution in [-0.2, 0) is 17.1 Å². The molecule has 1 unspecified atom stereocenters. The first-order chi connectivity index (χ1) is 12.9. The molecule has 0 fully saturated rings. The SMILES string of the molecule is CC(C)OC(O)(Cn1cncn1)c1ccc(Oc2ccc(Cl)cc2)cc1Cl. The highest BCUT2D eigenvalue weighted by molar-refractivity contribution is 6.31. The highest BCUT2D eigenvalue weighted by Crippen LogP contribution is 2.35. The van der Waals surface area contributed by atoms with Gasteiger partial charge in [0.25, 0.3) is 0 Å². The standard InChI is InChI=1S/C19H19Cl2N3O3/c1-13(2)27-19(25,10-24-12-22-11-23-24)17-8-7-16(9-18(17)21)26-15-5-3-14(20)4-6-15/h3-9,11-13,25H,10H2,1-2H3. The van der Waals surface area contributed by atoms with Crippen LogP contribution in [0.2, 0.25) is 10.0 Å². The van der Waals surface area contributed by atoms with E-state index < -0.39 is 5.79 Å². The van der Waals surface area contributed by atoms with E-state index in [0.717, 1.165) is 0 Å². The van der Waals surface area contributed by atoms with E-state index >= 15 is 0 Å². The molecule has 0 radical (unpaired) electrons. The number of rotatable bonds is 7. The number of benzene rings is 2. The molecule has 3 rings (SSSR count). The molecule has 6 nitrogen and oxygen atoms in total. The fourth-order valence-electron chi connectivity index (χ4n) is 2.62. The van der Waals surface area contributed by atoms with E-state index in [2.05, 4.69) is 10.1 Å². The monoisotopic (exact) mass is 407 g/mol. The van der Waals surface area contributed by atoms with Crippen LogP contribution < -0.4 is 4.74 Å². The van der Waals surface area contributed by atoms with Gasteiger partial charge < -0.3 is 14.6 Å². The van der Waals surface area contributed by atoms with E-state index in [4.69, 9.17) is 32.7 Å². The van der Waals surface area contributed by atoms with Crippen molar-refractivity contribution in [1.29, 1.82) is 0 Å².